The summed E-state index contributed by atoms with van der Waals surface area (Å²) in [5.41, 5.74) is 2.20. The lowest BCUT2D eigenvalue weighted by Crippen LogP contribution is -2.47. The first kappa shape index (κ1) is 20.2. The van der Waals surface area contributed by atoms with Crippen LogP contribution in [0.15, 0.2) is 49.2 Å². The van der Waals surface area contributed by atoms with Crippen LogP contribution in [0.1, 0.15) is 20.3 Å². The summed E-state index contributed by atoms with van der Waals surface area (Å²) >= 11 is 6.07. The number of halogens is 1. The van der Waals surface area contributed by atoms with Crippen molar-refractivity contribution in [3.8, 4) is 0 Å². The van der Waals surface area contributed by atoms with Crippen molar-refractivity contribution >= 4 is 28.5 Å². The van der Waals surface area contributed by atoms with Crippen LogP contribution in [0.4, 0.5) is 5.82 Å². The molecular weight excluding hydrogens is 346 g/mol. The maximum Gasteiger partial charge on any atom is 0.226 e. The van der Waals surface area contributed by atoms with Gasteiger partial charge >= 0.3 is 0 Å². The summed E-state index contributed by atoms with van der Waals surface area (Å²) in [7, 11) is 0. The first-order valence-electron chi connectivity index (χ1n) is 8.97. The summed E-state index contributed by atoms with van der Waals surface area (Å²) in [4.78, 5) is 16.6. The number of aromatic amines is 1. The lowest BCUT2D eigenvalue weighted by Gasteiger charge is -2.35. The number of aromatic nitrogens is 3. The molecule has 1 fully saturated rings. The van der Waals surface area contributed by atoms with E-state index >= 15 is 0 Å². The quantitative estimate of drug-likeness (QED) is 0.478. The number of nitrogens with zero attached hydrogens (tertiary/aromatic N) is 4. The van der Waals surface area contributed by atoms with Gasteiger partial charge in [-0.15, -0.1) is 13.2 Å². The Bertz CT molecular complexity index is 757. The van der Waals surface area contributed by atoms with Crippen LogP contribution in [-0.4, -0.2) is 52.6 Å². The number of piperazine rings is 1. The van der Waals surface area contributed by atoms with E-state index < -0.39 is 0 Å². The van der Waals surface area contributed by atoms with Gasteiger partial charge in [-0.2, -0.15) is 9.97 Å². The van der Waals surface area contributed by atoms with E-state index in [0.717, 1.165) is 56.0 Å². The number of H-pyrrole nitrogens is 1. The molecule has 3 rings (SSSR count). The zero-order valence-corrected chi connectivity index (χ0v) is 16.5. The molecule has 5 nitrogen and oxygen atoms in total. The van der Waals surface area contributed by atoms with Gasteiger partial charge < -0.3 is 9.88 Å². The van der Waals surface area contributed by atoms with Crippen molar-refractivity contribution < 1.29 is 0 Å². The molecule has 0 spiro atoms. The van der Waals surface area contributed by atoms with E-state index in [0.29, 0.717) is 5.28 Å². The molecule has 1 aliphatic heterocycles. The highest BCUT2D eigenvalue weighted by Gasteiger charge is 2.20. The van der Waals surface area contributed by atoms with Gasteiger partial charge in [-0.1, -0.05) is 23.8 Å². The van der Waals surface area contributed by atoms with Crippen molar-refractivity contribution in [3.63, 3.8) is 0 Å². The van der Waals surface area contributed by atoms with E-state index in [2.05, 4.69) is 70.0 Å². The number of hydrogen-bond donors (Lipinski definition) is 1. The normalized spacial score (nSPS) is 16.1. The molecule has 2 aromatic heterocycles. The Morgan fingerprint density at radius 3 is 2.62 bits per heavy atom. The monoisotopic (exact) mass is 373 g/mol. The van der Waals surface area contributed by atoms with Crippen LogP contribution in [0.2, 0.25) is 5.28 Å². The molecule has 0 unspecified atom stereocenters. The zero-order chi connectivity index (χ0) is 18.9. The molecule has 2 aromatic rings. The van der Waals surface area contributed by atoms with Gasteiger partial charge in [0.25, 0.3) is 0 Å². The van der Waals surface area contributed by atoms with Gasteiger partial charge in [0.1, 0.15) is 11.5 Å². The molecule has 0 aliphatic carbocycles. The highest BCUT2D eigenvalue weighted by atomic mass is 35.5. The Morgan fingerprint density at radius 1 is 1.23 bits per heavy atom. The van der Waals surface area contributed by atoms with Crippen LogP contribution >= 0.6 is 11.6 Å². The highest BCUT2D eigenvalue weighted by molar-refractivity contribution is 6.28. The van der Waals surface area contributed by atoms with Gasteiger partial charge in [-0.3, -0.25) is 4.90 Å². The van der Waals surface area contributed by atoms with E-state index in [1.165, 1.54) is 5.57 Å². The fourth-order valence-electron chi connectivity index (χ4n) is 3.15. The molecule has 1 saturated heterocycles. The Morgan fingerprint density at radius 2 is 1.96 bits per heavy atom. The molecular formula is C20H28ClN5. The molecule has 26 heavy (non-hydrogen) atoms. The van der Waals surface area contributed by atoms with E-state index in [-0.39, 0.29) is 0 Å². The average molecular weight is 374 g/mol. The van der Waals surface area contributed by atoms with Gasteiger partial charge in [-0.25, -0.2) is 0 Å². The van der Waals surface area contributed by atoms with Crippen LogP contribution < -0.4 is 4.90 Å². The summed E-state index contributed by atoms with van der Waals surface area (Å²) in [6.07, 6.45) is 9.48. The fourth-order valence-corrected chi connectivity index (χ4v) is 3.31. The molecule has 0 radical (unpaired) electrons. The standard InChI is InChI=1S/C18H24ClN5.C2H4/c1-3-5-14(4-2)7-9-23-10-12-24(13-11-23)17-15-6-8-20-16(15)21-18(19)22-17;1-2/h3-6,8H,7,9-13H2,1-2H3,(H,20,21,22);1-2H2/b5-3-,14-4+;. The molecule has 0 amide bonds. The van der Waals surface area contributed by atoms with Crippen molar-refractivity contribution in [2.24, 2.45) is 0 Å². The van der Waals surface area contributed by atoms with E-state index in [4.69, 9.17) is 11.6 Å². The summed E-state index contributed by atoms with van der Waals surface area (Å²) < 4.78 is 0. The first-order chi connectivity index (χ1) is 12.7. The minimum atomic E-state index is 0.298. The number of hydrogen-bond acceptors (Lipinski definition) is 4. The molecule has 6 heteroatoms. The molecule has 3 heterocycles. The minimum Gasteiger partial charge on any atom is -0.353 e. The SMILES string of the molecule is C/C=C\C(=C/C)CCN1CCN(c2nc(Cl)nc3[nH]ccc23)CC1.C=C. The van der Waals surface area contributed by atoms with E-state index in [9.17, 15) is 0 Å². The summed E-state index contributed by atoms with van der Waals surface area (Å²) in [6.45, 7) is 15.3. The number of rotatable bonds is 5. The van der Waals surface area contributed by atoms with Crippen molar-refractivity contribution in [2.75, 3.05) is 37.6 Å². The Labute approximate surface area is 161 Å². The molecule has 0 bridgehead atoms. The summed E-state index contributed by atoms with van der Waals surface area (Å²) in [6, 6.07) is 2.02. The van der Waals surface area contributed by atoms with Crippen molar-refractivity contribution in [1.29, 1.82) is 0 Å². The van der Waals surface area contributed by atoms with Crippen LogP contribution in [0.3, 0.4) is 0 Å². The van der Waals surface area contributed by atoms with Crippen molar-refractivity contribution in [2.45, 2.75) is 20.3 Å². The number of anilines is 1. The molecule has 140 valence electrons. The third-order valence-corrected chi connectivity index (χ3v) is 4.68. The summed E-state index contributed by atoms with van der Waals surface area (Å²) in [5.74, 6) is 0.939. The van der Waals surface area contributed by atoms with Crippen molar-refractivity contribution in [1.82, 2.24) is 19.9 Å². The summed E-state index contributed by atoms with van der Waals surface area (Å²) in [5, 5.41) is 1.34. The van der Waals surface area contributed by atoms with Gasteiger partial charge in [-0.05, 0) is 37.9 Å². The fraction of sp³-hybridized carbons (Fsp3) is 0.400. The maximum atomic E-state index is 6.07. The van der Waals surface area contributed by atoms with Gasteiger partial charge in [0.15, 0.2) is 0 Å². The zero-order valence-electron chi connectivity index (χ0n) is 15.7. The van der Waals surface area contributed by atoms with Gasteiger partial charge in [0, 0.05) is 38.9 Å². The lowest BCUT2D eigenvalue weighted by atomic mass is 10.1. The van der Waals surface area contributed by atoms with E-state index in [1.807, 2.05) is 12.3 Å². The first-order valence-corrected chi connectivity index (χ1v) is 9.35. The Hall–Kier alpha value is -2.11. The predicted molar refractivity (Wildman–Crippen MR) is 112 cm³/mol. The van der Waals surface area contributed by atoms with Crippen LogP contribution in [0.25, 0.3) is 11.0 Å². The second kappa shape index (κ2) is 10.1. The largest absolute Gasteiger partial charge is 0.353 e. The minimum absolute atomic E-state index is 0.298. The Kier molecular flexibility index (Phi) is 7.88. The topological polar surface area (TPSA) is 48.1 Å². The Balaban J connectivity index is 0.00000117. The predicted octanol–water partition coefficient (Wildman–Crippen LogP) is 4.45. The van der Waals surface area contributed by atoms with E-state index in [1.54, 1.807) is 0 Å². The molecule has 0 aromatic carbocycles. The van der Waals surface area contributed by atoms with Crippen LogP contribution in [0.5, 0.6) is 0 Å². The van der Waals surface area contributed by atoms with Crippen molar-refractivity contribution in [3.05, 3.63) is 54.5 Å². The second-order valence-corrected chi connectivity index (χ2v) is 6.34. The molecule has 0 saturated carbocycles. The second-order valence-electron chi connectivity index (χ2n) is 6.00. The van der Waals surface area contributed by atoms with Crippen LogP contribution in [0, 0.1) is 0 Å². The third kappa shape index (κ3) is 4.96. The average Bonchev–Trinajstić information content (AvgIpc) is 3.15. The van der Waals surface area contributed by atoms with Gasteiger partial charge in [0.2, 0.25) is 5.28 Å². The number of nitrogens with one attached hydrogen (secondary N) is 1. The lowest BCUT2D eigenvalue weighted by molar-refractivity contribution is 0.261. The number of allylic oxidation sites excluding steroid dienone is 3. The number of fused-ring (bicyclic) bond motifs is 1. The van der Waals surface area contributed by atoms with Crippen LogP contribution in [-0.2, 0) is 0 Å². The molecule has 1 N–H and O–H groups in total. The third-order valence-electron chi connectivity index (χ3n) is 4.51. The smallest absolute Gasteiger partial charge is 0.226 e. The highest BCUT2D eigenvalue weighted by Crippen LogP contribution is 2.25. The van der Waals surface area contributed by atoms with Gasteiger partial charge in [0.05, 0.1) is 5.39 Å². The molecule has 1 aliphatic rings. The molecule has 0 atom stereocenters. The maximum absolute atomic E-state index is 6.07.